The Morgan fingerprint density at radius 1 is 1.21 bits per heavy atom. The van der Waals surface area contributed by atoms with Gasteiger partial charge in [0.15, 0.2) is 5.88 Å². The van der Waals surface area contributed by atoms with Crippen molar-refractivity contribution in [1.82, 2.24) is 10.7 Å². The summed E-state index contributed by atoms with van der Waals surface area (Å²) in [6.07, 6.45) is 3.78. The van der Waals surface area contributed by atoms with Crippen molar-refractivity contribution in [2.75, 3.05) is 18.0 Å². The molecule has 1 atom stereocenters. The third kappa shape index (κ3) is 5.60. The van der Waals surface area contributed by atoms with Crippen LogP contribution >= 0.6 is 11.6 Å². The zero-order valence-corrected chi connectivity index (χ0v) is 17.3. The molecule has 7 nitrogen and oxygen atoms in total. The van der Waals surface area contributed by atoms with Gasteiger partial charge in [0.1, 0.15) is 11.8 Å². The topological polar surface area (TPSA) is 86.9 Å². The number of hydrogen-bond acceptors (Lipinski definition) is 5. The van der Waals surface area contributed by atoms with Gasteiger partial charge in [-0.15, -0.1) is 0 Å². The van der Waals surface area contributed by atoms with Gasteiger partial charge in [-0.3, -0.25) is 9.59 Å². The van der Waals surface area contributed by atoms with Crippen molar-refractivity contribution in [1.29, 1.82) is 0 Å². The first-order valence-electron chi connectivity index (χ1n) is 9.68. The lowest BCUT2D eigenvalue weighted by Gasteiger charge is -2.20. The van der Waals surface area contributed by atoms with Gasteiger partial charge in [-0.2, -0.15) is 5.10 Å². The first-order valence-corrected chi connectivity index (χ1v) is 10.1. The standard InChI is InChI=1S/C21H25ClN4O3/c1-14(2)19(24-20(27)15-6-5-7-16(22)12-15)21(28)25-23-13-17-8-9-18(29-17)26-10-3-4-11-26/h5-9,12-14,19H,3-4,10-11H2,1-2H3,(H,24,27)(H,25,28)/b23-13-. The molecule has 29 heavy (non-hydrogen) atoms. The smallest absolute Gasteiger partial charge is 0.262 e. The van der Waals surface area contributed by atoms with Gasteiger partial charge in [-0.05, 0) is 43.0 Å². The molecule has 2 aromatic rings. The molecule has 0 aliphatic carbocycles. The Morgan fingerprint density at radius 2 is 1.97 bits per heavy atom. The fourth-order valence-corrected chi connectivity index (χ4v) is 3.33. The molecule has 0 radical (unpaired) electrons. The van der Waals surface area contributed by atoms with Crippen molar-refractivity contribution in [2.45, 2.75) is 32.7 Å². The molecule has 1 aromatic heterocycles. The molecule has 1 unspecified atom stereocenters. The predicted molar refractivity (Wildman–Crippen MR) is 113 cm³/mol. The normalized spacial score (nSPS) is 15.1. The molecule has 0 bridgehead atoms. The van der Waals surface area contributed by atoms with E-state index >= 15 is 0 Å². The van der Waals surface area contributed by atoms with E-state index < -0.39 is 11.9 Å². The van der Waals surface area contributed by atoms with Crippen LogP contribution in [0.25, 0.3) is 0 Å². The first kappa shape index (κ1) is 20.9. The van der Waals surface area contributed by atoms with E-state index in [-0.39, 0.29) is 11.8 Å². The third-order valence-corrected chi connectivity index (χ3v) is 4.95. The molecular formula is C21H25ClN4O3. The monoisotopic (exact) mass is 416 g/mol. The highest BCUT2D eigenvalue weighted by Gasteiger charge is 2.24. The van der Waals surface area contributed by atoms with Crippen molar-refractivity contribution < 1.29 is 14.0 Å². The molecule has 2 amide bonds. The van der Waals surface area contributed by atoms with Crippen molar-refractivity contribution >= 4 is 35.5 Å². The fourth-order valence-electron chi connectivity index (χ4n) is 3.14. The molecule has 0 saturated carbocycles. The largest absolute Gasteiger partial charge is 0.440 e. The zero-order valence-electron chi connectivity index (χ0n) is 16.5. The Labute approximate surface area is 175 Å². The maximum absolute atomic E-state index is 12.5. The highest BCUT2D eigenvalue weighted by Crippen LogP contribution is 2.22. The van der Waals surface area contributed by atoms with Crippen LogP contribution in [0.1, 0.15) is 42.8 Å². The number of nitrogens with zero attached hydrogens (tertiary/aromatic N) is 2. The average Bonchev–Trinajstić information content (AvgIpc) is 3.37. The van der Waals surface area contributed by atoms with Gasteiger partial charge in [-0.25, -0.2) is 5.43 Å². The van der Waals surface area contributed by atoms with Gasteiger partial charge >= 0.3 is 0 Å². The van der Waals surface area contributed by atoms with Crippen LogP contribution in [-0.4, -0.2) is 37.2 Å². The number of benzene rings is 1. The van der Waals surface area contributed by atoms with Crippen LogP contribution in [0.5, 0.6) is 0 Å². The van der Waals surface area contributed by atoms with E-state index in [1.54, 1.807) is 24.3 Å². The second-order valence-electron chi connectivity index (χ2n) is 7.31. The SMILES string of the molecule is CC(C)C(NC(=O)c1cccc(Cl)c1)C(=O)N/N=C\c1ccc(N2CCCC2)o1. The van der Waals surface area contributed by atoms with E-state index in [2.05, 4.69) is 20.7 Å². The van der Waals surface area contributed by atoms with Gasteiger partial charge in [0.05, 0.1) is 6.21 Å². The lowest BCUT2D eigenvalue weighted by molar-refractivity contribution is -0.123. The number of furan rings is 1. The molecule has 8 heteroatoms. The minimum atomic E-state index is -0.740. The summed E-state index contributed by atoms with van der Waals surface area (Å²) >= 11 is 5.93. The van der Waals surface area contributed by atoms with Gasteiger partial charge in [0, 0.05) is 29.7 Å². The highest BCUT2D eigenvalue weighted by molar-refractivity contribution is 6.31. The van der Waals surface area contributed by atoms with E-state index in [9.17, 15) is 9.59 Å². The second-order valence-corrected chi connectivity index (χ2v) is 7.75. The lowest BCUT2D eigenvalue weighted by Crippen LogP contribution is -2.48. The Balaban J connectivity index is 1.58. The van der Waals surface area contributed by atoms with Crippen LogP contribution in [-0.2, 0) is 4.79 Å². The minimum absolute atomic E-state index is 0.126. The number of amides is 2. The molecule has 154 valence electrons. The van der Waals surface area contributed by atoms with Gasteiger partial charge in [-0.1, -0.05) is 31.5 Å². The molecule has 2 heterocycles. The maximum atomic E-state index is 12.5. The summed E-state index contributed by atoms with van der Waals surface area (Å²) < 4.78 is 5.73. The van der Waals surface area contributed by atoms with Crippen LogP contribution in [0.2, 0.25) is 5.02 Å². The molecular weight excluding hydrogens is 392 g/mol. The summed E-state index contributed by atoms with van der Waals surface area (Å²) in [7, 11) is 0. The summed E-state index contributed by atoms with van der Waals surface area (Å²) in [6, 6.07) is 9.54. The number of hydrogen-bond donors (Lipinski definition) is 2. The summed E-state index contributed by atoms with van der Waals surface area (Å²) in [5, 5.41) is 7.16. The zero-order chi connectivity index (χ0) is 20.8. The summed E-state index contributed by atoms with van der Waals surface area (Å²) in [5.41, 5.74) is 2.87. The van der Waals surface area contributed by atoms with Crippen LogP contribution < -0.4 is 15.6 Å². The van der Waals surface area contributed by atoms with E-state index in [0.29, 0.717) is 16.3 Å². The number of carbonyl (C=O) groups excluding carboxylic acids is 2. The van der Waals surface area contributed by atoms with Crippen molar-refractivity contribution in [3.05, 3.63) is 52.7 Å². The fraction of sp³-hybridized carbons (Fsp3) is 0.381. The summed E-state index contributed by atoms with van der Waals surface area (Å²) in [4.78, 5) is 27.1. The lowest BCUT2D eigenvalue weighted by atomic mass is 10.0. The molecule has 1 saturated heterocycles. The van der Waals surface area contributed by atoms with Gasteiger partial charge < -0.3 is 14.6 Å². The minimum Gasteiger partial charge on any atom is -0.440 e. The number of carbonyl (C=O) groups is 2. The van der Waals surface area contributed by atoms with Crippen LogP contribution in [0.3, 0.4) is 0 Å². The highest BCUT2D eigenvalue weighted by atomic mass is 35.5. The number of rotatable bonds is 7. The Kier molecular flexibility index (Phi) is 6.93. The van der Waals surface area contributed by atoms with Gasteiger partial charge in [0.2, 0.25) is 0 Å². The van der Waals surface area contributed by atoms with Crippen molar-refractivity contribution in [3.8, 4) is 0 Å². The Bertz CT molecular complexity index is 888. The molecule has 2 N–H and O–H groups in total. The molecule has 1 fully saturated rings. The van der Waals surface area contributed by atoms with E-state index in [4.69, 9.17) is 16.0 Å². The number of nitrogens with one attached hydrogen (secondary N) is 2. The van der Waals surface area contributed by atoms with Crippen molar-refractivity contribution in [2.24, 2.45) is 11.0 Å². The molecule has 1 aliphatic rings. The second kappa shape index (κ2) is 9.60. The van der Waals surface area contributed by atoms with E-state index in [1.165, 1.54) is 6.21 Å². The van der Waals surface area contributed by atoms with Crippen LogP contribution in [0.4, 0.5) is 5.88 Å². The Morgan fingerprint density at radius 3 is 2.66 bits per heavy atom. The maximum Gasteiger partial charge on any atom is 0.262 e. The molecule has 3 rings (SSSR count). The summed E-state index contributed by atoms with van der Waals surface area (Å²) in [6.45, 7) is 5.68. The van der Waals surface area contributed by atoms with Crippen molar-refractivity contribution in [3.63, 3.8) is 0 Å². The van der Waals surface area contributed by atoms with Crippen LogP contribution in [0, 0.1) is 5.92 Å². The summed E-state index contributed by atoms with van der Waals surface area (Å²) in [5.74, 6) is 0.462. The predicted octanol–water partition coefficient (Wildman–Crippen LogP) is 3.44. The quantitative estimate of drug-likeness (QED) is 0.534. The van der Waals surface area contributed by atoms with Crippen LogP contribution in [0.15, 0.2) is 45.9 Å². The molecule has 1 aliphatic heterocycles. The molecule has 0 spiro atoms. The number of hydrazone groups is 1. The average molecular weight is 417 g/mol. The Hall–Kier alpha value is -2.80. The number of anilines is 1. The third-order valence-electron chi connectivity index (χ3n) is 4.72. The first-order chi connectivity index (χ1) is 13.9. The van der Waals surface area contributed by atoms with Gasteiger partial charge in [0.25, 0.3) is 11.8 Å². The van der Waals surface area contributed by atoms with E-state index in [0.717, 1.165) is 31.8 Å². The van der Waals surface area contributed by atoms with E-state index in [1.807, 2.05) is 26.0 Å². The molecule has 1 aromatic carbocycles. The number of halogens is 1.